The number of non-ortho nitro benzene ring substituents is 1. The number of fused-ring (bicyclic) bond motifs is 1. The molecule has 3 rings (SSSR count). The average molecular weight is 336 g/mol. The van der Waals surface area contributed by atoms with Crippen LogP contribution in [0.5, 0.6) is 0 Å². The van der Waals surface area contributed by atoms with Crippen molar-refractivity contribution in [2.75, 3.05) is 0 Å². The molecule has 4 nitrogen and oxygen atoms in total. The molecule has 0 saturated heterocycles. The molecule has 0 bridgehead atoms. The van der Waals surface area contributed by atoms with Crippen molar-refractivity contribution < 1.29 is 22.5 Å². The molecule has 122 valence electrons. The van der Waals surface area contributed by atoms with Crippen molar-refractivity contribution >= 4 is 16.6 Å². The number of nitro benzene ring substituents is 1. The van der Waals surface area contributed by atoms with E-state index in [1.54, 1.807) is 6.07 Å². The maximum Gasteiger partial charge on any atom is 0.416 e. The van der Waals surface area contributed by atoms with E-state index in [4.69, 9.17) is 0 Å². The smallest absolute Gasteiger partial charge is 0.258 e. The number of benzene rings is 2. The van der Waals surface area contributed by atoms with Crippen LogP contribution in [0.4, 0.5) is 23.2 Å². The van der Waals surface area contributed by atoms with Gasteiger partial charge >= 0.3 is 6.18 Å². The van der Waals surface area contributed by atoms with Crippen molar-refractivity contribution in [1.29, 1.82) is 0 Å². The third-order valence-electron chi connectivity index (χ3n) is 3.42. The molecule has 0 atom stereocenters. The molecule has 0 fully saturated rings. The fraction of sp³-hybridized carbons (Fsp3) is 0.0625. The van der Waals surface area contributed by atoms with Gasteiger partial charge in [-0.1, -0.05) is 18.2 Å². The van der Waals surface area contributed by atoms with Gasteiger partial charge in [0.15, 0.2) is 0 Å². The first-order chi connectivity index (χ1) is 11.3. The Morgan fingerprint density at radius 3 is 2.46 bits per heavy atom. The van der Waals surface area contributed by atoms with Gasteiger partial charge in [-0.05, 0) is 24.3 Å². The molecule has 0 aliphatic rings. The van der Waals surface area contributed by atoms with Crippen molar-refractivity contribution in [2.45, 2.75) is 6.18 Å². The Morgan fingerprint density at radius 1 is 1.04 bits per heavy atom. The Kier molecular flexibility index (Phi) is 3.67. The topological polar surface area (TPSA) is 56.0 Å². The zero-order valence-electron chi connectivity index (χ0n) is 11.8. The third kappa shape index (κ3) is 2.90. The van der Waals surface area contributed by atoms with Gasteiger partial charge < -0.3 is 0 Å². The van der Waals surface area contributed by atoms with E-state index in [9.17, 15) is 27.7 Å². The summed E-state index contributed by atoms with van der Waals surface area (Å²) in [6.45, 7) is 0. The number of halogens is 4. The number of hydrogen-bond donors (Lipinski definition) is 0. The Bertz CT molecular complexity index is 954. The summed E-state index contributed by atoms with van der Waals surface area (Å²) in [6.07, 6.45) is -4.71. The number of hydrogen-bond acceptors (Lipinski definition) is 3. The molecule has 0 N–H and O–H groups in total. The number of pyridine rings is 1. The summed E-state index contributed by atoms with van der Waals surface area (Å²) in [7, 11) is 0. The van der Waals surface area contributed by atoms with E-state index in [0.717, 1.165) is 12.1 Å². The lowest BCUT2D eigenvalue weighted by Gasteiger charge is -2.10. The first-order valence-corrected chi connectivity index (χ1v) is 6.68. The largest absolute Gasteiger partial charge is 0.416 e. The molecule has 1 aromatic heterocycles. The molecule has 2 aromatic carbocycles. The van der Waals surface area contributed by atoms with Gasteiger partial charge in [0.05, 0.1) is 16.2 Å². The number of nitro groups is 1. The van der Waals surface area contributed by atoms with Crippen LogP contribution < -0.4 is 0 Å². The summed E-state index contributed by atoms with van der Waals surface area (Å²) in [6, 6.07) is 9.23. The van der Waals surface area contributed by atoms with Crippen LogP contribution >= 0.6 is 0 Å². The average Bonchev–Trinajstić information content (AvgIpc) is 2.52. The lowest BCUT2D eigenvalue weighted by Crippen LogP contribution is -2.05. The second kappa shape index (κ2) is 5.55. The van der Waals surface area contributed by atoms with E-state index in [1.807, 2.05) is 0 Å². The highest BCUT2D eigenvalue weighted by atomic mass is 19.4. The van der Waals surface area contributed by atoms with Gasteiger partial charge in [-0.15, -0.1) is 0 Å². The third-order valence-corrected chi connectivity index (χ3v) is 3.42. The van der Waals surface area contributed by atoms with Crippen LogP contribution in [0.1, 0.15) is 5.56 Å². The van der Waals surface area contributed by atoms with Crippen LogP contribution in [0.3, 0.4) is 0 Å². The Labute approximate surface area is 132 Å². The Morgan fingerprint density at radius 2 is 1.79 bits per heavy atom. The molecular formula is C16H8F4N2O2. The van der Waals surface area contributed by atoms with E-state index in [0.29, 0.717) is 11.5 Å². The minimum absolute atomic E-state index is 0.0156. The van der Waals surface area contributed by atoms with Gasteiger partial charge in [-0.2, -0.15) is 13.2 Å². The molecule has 0 aliphatic heterocycles. The molecule has 0 radical (unpaired) electrons. The summed E-state index contributed by atoms with van der Waals surface area (Å²) < 4.78 is 52.0. The molecule has 0 aliphatic carbocycles. The van der Waals surface area contributed by atoms with Crippen LogP contribution in [-0.2, 0) is 6.18 Å². The van der Waals surface area contributed by atoms with Crippen LogP contribution in [-0.4, -0.2) is 9.91 Å². The molecule has 0 amide bonds. The first kappa shape index (κ1) is 15.9. The molecule has 8 heteroatoms. The number of rotatable bonds is 2. The first-order valence-electron chi connectivity index (χ1n) is 6.68. The van der Waals surface area contributed by atoms with Gasteiger partial charge in [0.1, 0.15) is 11.3 Å². The molecular weight excluding hydrogens is 328 g/mol. The van der Waals surface area contributed by atoms with Crippen LogP contribution in [0, 0.1) is 15.9 Å². The zero-order valence-corrected chi connectivity index (χ0v) is 11.8. The second-order valence-corrected chi connectivity index (χ2v) is 5.03. The highest BCUT2D eigenvalue weighted by Gasteiger charge is 2.31. The molecule has 3 aromatic rings. The highest BCUT2D eigenvalue weighted by molar-refractivity contribution is 5.89. The maximum absolute atomic E-state index is 13.5. The highest BCUT2D eigenvalue weighted by Crippen LogP contribution is 2.33. The second-order valence-electron chi connectivity index (χ2n) is 5.03. The van der Waals surface area contributed by atoms with Gasteiger partial charge in [-0.25, -0.2) is 9.37 Å². The van der Waals surface area contributed by atoms with Crippen molar-refractivity contribution in [1.82, 2.24) is 4.98 Å². The SMILES string of the molecule is O=[N+]([O-])c1cccc2ccc(-c3cc(F)cc(C(F)(F)F)c3)nc12. The van der Waals surface area contributed by atoms with Crippen molar-refractivity contribution in [2.24, 2.45) is 0 Å². The fourth-order valence-corrected chi connectivity index (χ4v) is 2.34. The Hall–Kier alpha value is -3.03. The van der Waals surface area contributed by atoms with E-state index in [-0.39, 0.29) is 22.5 Å². The maximum atomic E-state index is 13.5. The molecule has 0 unspecified atom stereocenters. The van der Waals surface area contributed by atoms with E-state index < -0.39 is 22.5 Å². The molecule has 24 heavy (non-hydrogen) atoms. The normalized spacial score (nSPS) is 11.7. The Balaban J connectivity index is 2.22. The van der Waals surface area contributed by atoms with Gasteiger partial charge in [-0.3, -0.25) is 10.1 Å². The minimum Gasteiger partial charge on any atom is -0.258 e. The summed E-state index contributed by atoms with van der Waals surface area (Å²) in [4.78, 5) is 14.5. The number of para-hydroxylation sites is 1. The predicted molar refractivity (Wildman–Crippen MR) is 78.8 cm³/mol. The zero-order chi connectivity index (χ0) is 17.5. The number of aromatic nitrogens is 1. The predicted octanol–water partition coefficient (Wildman–Crippen LogP) is 4.97. The summed E-state index contributed by atoms with van der Waals surface area (Å²) in [5.41, 5.74) is -1.49. The number of alkyl halides is 3. The van der Waals surface area contributed by atoms with Gasteiger partial charge in [0.2, 0.25) is 0 Å². The van der Waals surface area contributed by atoms with Crippen LogP contribution in [0.2, 0.25) is 0 Å². The van der Waals surface area contributed by atoms with Gasteiger partial charge in [0.25, 0.3) is 5.69 Å². The molecule has 0 spiro atoms. The molecule has 0 saturated carbocycles. The van der Waals surface area contributed by atoms with E-state index >= 15 is 0 Å². The van der Waals surface area contributed by atoms with Crippen LogP contribution in [0.15, 0.2) is 48.5 Å². The standard InChI is InChI=1S/C16H8F4N2O2/c17-12-7-10(6-11(8-12)16(18,19)20)13-5-4-9-2-1-3-14(22(23)24)15(9)21-13/h1-8H. The van der Waals surface area contributed by atoms with Crippen molar-refractivity contribution in [3.05, 3.63) is 70.0 Å². The monoisotopic (exact) mass is 336 g/mol. The summed E-state index contributed by atoms with van der Waals surface area (Å²) in [5.74, 6) is -1.07. The van der Waals surface area contributed by atoms with E-state index in [1.165, 1.54) is 24.3 Å². The number of nitrogens with zero attached hydrogens (tertiary/aromatic N) is 2. The lowest BCUT2D eigenvalue weighted by molar-refractivity contribution is -0.383. The lowest BCUT2D eigenvalue weighted by atomic mass is 10.1. The molecule has 1 heterocycles. The minimum atomic E-state index is -4.71. The van der Waals surface area contributed by atoms with E-state index in [2.05, 4.69) is 4.98 Å². The summed E-state index contributed by atoms with van der Waals surface area (Å²) >= 11 is 0. The quantitative estimate of drug-likeness (QED) is 0.377. The van der Waals surface area contributed by atoms with Crippen LogP contribution in [0.25, 0.3) is 22.2 Å². The summed E-state index contributed by atoms with van der Waals surface area (Å²) in [5, 5.41) is 11.5. The van der Waals surface area contributed by atoms with Gasteiger partial charge in [0, 0.05) is 17.0 Å². The fourth-order valence-electron chi connectivity index (χ4n) is 2.34. The van der Waals surface area contributed by atoms with Crippen molar-refractivity contribution in [3.8, 4) is 11.3 Å². The van der Waals surface area contributed by atoms with Crippen molar-refractivity contribution in [3.63, 3.8) is 0 Å².